The van der Waals surface area contributed by atoms with Gasteiger partial charge in [-0.25, -0.2) is 4.79 Å². The Morgan fingerprint density at radius 3 is 2.06 bits per heavy atom. The van der Waals surface area contributed by atoms with Crippen molar-refractivity contribution in [2.75, 3.05) is 0 Å². The summed E-state index contributed by atoms with van der Waals surface area (Å²) < 4.78 is 5.32. The fourth-order valence-electron chi connectivity index (χ4n) is 1.62. The van der Waals surface area contributed by atoms with Gasteiger partial charge >= 0.3 is 11.9 Å². The van der Waals surface area contributed by atoms with Gasteiger partial charge in [0.15, 0.2) is 0 Å². The lowest BCUT2D eigenvalue weighted by Gasteiger charge is -2.17. The number of carbonyl (C=O) groups excluding carboxylic acids is 1. The first kappa shape index (κ1) is 16.7. The van der Waals surface area contributed by atoms with E-state index in [1.54, 1.807) is 0 Å². The predicted molar refractivity (Wildman–Crippen MR) is 70.3 cm³/mol. The van der Waals surface area contributed by atoms with Gasteiger partial charge in [-0.15, -0.1) is 0 Å². The number of ether oxygens (including phenoxy) is 1. The van der Waals surface area contributed by atoms with Crippen LogP contribution in [0.2, 0.25) is 0 Å². The molecule has 18 heavy (non-hydrogen) atoms. The molecular weight excluding hydrogens is 232 g/mol. The fraction of sp³-hybridized carbons (Fsp3) is 0.714. The summed E-state index contributed by atoms with van der Waals surface area (Å²) in [6.07, 6.45) is 5.33. The van der Waals surface area contributed by atoms with Gasteiger partial charge in [0.05, 0.1) is 6.42 Å². The van der Waals surface area contributed by atoms with E-state index >= 15 is 0 Å². The standard InChI is InChI=1S/C14H24O4/c1-4-6-8-12(9-7-5-2)18-14(17)11(3)10-13(15)16/h12H,3-10H2,1-2H3,(H,15,16). The number of carbonyl (C=O) groups is 2. The van der Waals surface area contributed by atoms with Crippen LogP contribution in [0.5, 0.6) is 0 Å². The number of carboxylic acid groups (broad SMARTS) is 1. The van der Waals surface area contributed by atoms with Crippen molar-refractivity contribution < 1.29 is 19.4 Å². The molecule has 0 aromatic rings. The normalized spacial score (nSPS) is 10.4. The van der Waals surface area contributed by atoms with Crippen LogP contribution in [0.4, 0.5) is 0 Å². The minimum absolute atomic E-state index is 0.0143. The van der Waals surface area contributed by atoms with Crippen LogP contribution in [0.1, 0.15) is 58.8 Å². The van der Waals surface area contributed by atoms with Gasteiger partial charge in [0, 0.05) is 5.57 Å². The molecule has 0 rings (SSSR count). The Bertz CT molecular complexity index is 276. The number of esters is 1. The molecule has 0 aromatic heterocycles. The van der Waals surface area contributed by atoms with E-state index in [9.17, 15) is 9.59 Å². The minimum atomic E-state index is -1.06. The average Bonchev–Trinajstić information content (AvgIpc) is 2.31. The molecule has 104 valence electrons. The molecule has 0 aliphatic heterocycles. The highest BCUT2D eigenvalue weighted by molar-refractivity contribution is 5.92. The zero-order valence-electron chi connectivity index (χ0n) is 11.4. The van der Waals surface area contributed by atoms with E-state index < -0.39 is 11.9 Å². The Hall–Kier alpha value is -1.32. The first-order valence-corrected chi connectivity index (χ1v) is 6.61. The van der Waals surface area contributed by atoms with Crippen molar-refractivity contribution in [1.29, 1.82) is 0 Å². The van der Waals surface area contributed by atoms with E-state index in [0.717, 1.165) is 38.5 Å². The van der Waals surface area contributed by atoms with Crippen molar-refractivity contribution in [2.45, 2.75) is 64.9 Å². The second-order valence-corrected chi connectivity index (χ2v) is 4.49. The van der Waals surface area contributed by atoms with Crippen LogP contribution < -0.4 is 0 Å². The van der Waals surface area contributed by atoms with E-state index in [-0.39, 0.29) is 18.1 Å². The summed E-state index contributed by atoms with van der Waals surface area (Å²) in [4.78, 5) is 22.1. The third kappa shape index (κ3) is 7.87. The van der Waals surface area contributed by atoms with Gasteiger partial charge in [-0.3, -0.25) is 4.79 Å². The molecule has 0 unspecified atom stereocenters. The maximum Gasteiger partial charge on any atom is 0.334 e. The smallest absolute Gasteiger partial charge is 0.334 e. The first-order chi connectivity index (χ1) is 8.51. The first-order valence-electron chi connectivity index (χ1n) is 6.61. The maximum atomic E-state index is 11.6. The molecular formula is C14H24O4. The van der Waals surface area contributed by atoms with E-state index in [4.69, 9.17) is 9.84 Å². The lowest BCUT2D eigenvalue weighted by Crippen LogP contribution is -2.20. The topological polar surface area (TPSA) is 63.6 Å². The van der Waals surface area contributed by atoms with Crippen molar-refractivity contribution in [3.8, 4) is 0 Å². The summed E-state index contributed by atoms with van der Waals surface area (Å²) >= 11 is 0. The number of hydrogen-bond acceptors (Lipinski definition) is 3. The second-order valence-electron chi connectivity index (χ2n) is 4.49. The number of rotatable bonds is 10. The molecule has 0 aliphatic carbocycles. The predicted octanol–water partition coefficient (Wildman–Crippen LogP) is 3.31. The van der Waals surface area contributed by atoms with E-state index in [0.29, 0.717) is 0 Å². The third-order valence-electron chi connectivity index (χ3n) is 2.69. The molecule has 0 fully saturated rings. The van der Waals surface area contributed by atoms with Crippen molar-refractivity contribution >= 4 is 11.9 Å². The maximum absolute atomic E-state index is 11.6. The summed E-state index contributed by atoms with van der Waals surface area (Å²) in [5.41, 5.74) is 0.0143. The molecule has 0 amide bonds. The summed E-state index contributed by atoms with van der Waals surface area (Å²) in [7, 11) is 0. The molecule has 0 saturated heterocycles. The Balaban J connectivity index is 4.23. The van der Waals surface area contributed by atoms with Crippen LogP contribution in [0.15, 0.2) is 12.2 Å². The Labute approximate surface area is 109 Å². The molecule has 0 bridgehead atoms. The van der Waals surface area contributed by atoms with Gasteiger partial charge in [0.1, 0.15) is 6.10 Å². The Morgan fingerprint density at radius 1 is 1.17 bits per heavy atom. The van der Waals surface area contributed by atoms with Gasteiger partial charge in [-0.2, -0.15) is 0 Å². The number of aliphatic carboxylic acids is 1. The highest BCUT2D eigenvalue weighted by Crippen LogP contribution is 2.15. The van der Waals surface area contributed by atoms with E-state index in [1.165, 1.54) is 0 Å². The molecule has 0 saturated carbocycles. The van der Waals surface area contributed by atoms with Crippen molar-refractivity contribution in [2.24, 2.45) is 0 Å². The van der Waals surface area contributed by atoms with Crippen LogP contribution in [0.3, 0.4) is 0 Å². The van der Waals surface area contributed by atoms with Crippen LogP contribution in [-0.2, 0) is 14.3 Å². The van der Waals surface area contributed by atoms with Crippen molar-refractivity contribution in [1.82, 2.24) is 0 Å². The number of hydrogen-bond donors (Lipinski definition) is 1. The highest BCUT2D eigenvalue weighted by Gasteiger charge is 2.17. The van der Waals surface area contributed by atoms with Crippen molar-refractivity contribution in [3.05, 3.63) is 12.2 Å². The van der Waals surface area contributed by atoms with Gasteiger partial charge < -0.3 is 9.84 Å². The lowest BCUT2D eigenvalue weighted by molar-refractivity contribution is -0.147. The molecule has 0 heterocycles. The van der Waals surface area contributed by atoms with Gasteiger partial charge in [-0.05, 0) is 12.8 Å². The van der Waals surface area contributed by atoms with E-state index in [2.05, 4.69) is 20.4 Å². The van der Waals surface area contributed by atoms with Crippen LogP contribution in [0, 0.1) is 0 Å². The molecule has 0 spiro atoms. The molecule has 4 heteroatoms. The van der Waals surface area contributed by atoms with Gasteiger partial charge in [0.2, 0.25) is 0 Å². The summed E-state index contributed by atoms with van der Waals surface area (Å²) in [5, 5.41) is 8.58. The SMILES string of the molecule is C=C(CC(=O)O)C(=O)OC(CCCC)CCCC. The van der Waals surface area contributed by atoms with Crippen LogP contribution in [-0.4, -0.2) is 23.1 Å². The Kier molecular flexibility index (Phi) is 8.97. The molecule has 1 N–H and O–H groups in total. The summed E-state index contributed by atoms with van der Waals surface area (Å²) in [5.74, 6) is -1.63. The summed E-state index contributed by atoms with van der Waals surface area (Å²) in [6.45, 7) is 7.62. The van der Waals surface area contributed by atoms with Gasteiger partial charge in [0.25, 0.3) is 0 Å². The quantitative estimate of drug-likeness (QED) is 0.481. The fourth-order valence-corrected chi connectivity index (χ4v) is 1.62. The molecule has 0 radical (unpaired) electrons. The second kappa shape index (κ2) is 9.68. The number of carboxylic acids is 1. The van der Waals surface area contributed by atoms with Crippen molar-refractivity contribution in [3.63, 3.8) is 0 Å². The Morgan fingerprint density at radius 2 is 1.67 bits per heavy atom. The zero-order chi connectivity index (χ0) is 14.0. The lowest BCUT2D eigenvalue weighted by atomic mass is 10.1. The zero-order valence-corrected chi connectivity index (χ0v) is 11.4. The minimum Gasteiger partial charge on any atom is -0.481 e. The highest BCUT2D eigenvalue weighted by atomic mass is 16.5. The third-order valence-corrected chi connectivity index (χ3v) is 2.69. The molecule has 0 atom stereocenters. The molecule has 0 aromatic carbocycles. The average molecular weight is 256 g/mol. The molecule has 0 aliphatic rings. The largest absolute Gasteiger partial charge is 0.481 e. The van der Waals surface area contributed by atoms with E-state index in [1.807, 2.05) is 0 Å². The monoisotopic (exact) mass is 256 g/mol. The number of unbranched alkanes of at least 4 members (excludes halogenated alkanes) is 2. The van der Waals surface area contributed by atoms with Crippen LogP contribution >= 0.6 is 0 Å². The summed E-state index contributed by atoms with van der Waals surface area (Å²) in [6, 6.07) is 0. The molecule has 4 nitrogen and oxygen atoms in total. The van der Waals surface area contributed by atoms with Gasteiger partial charge in [-0.1, -0.05) is 46.1 Å². The van der Waals surface area contributed by atoms with Crippen LogP contribution in [0.25, 0.3) is 0 Å².